The third-order valence-electron chi connectivity index (χ3n) is 5.76. The van der Waals surface area contributed by atoms with Crippen molar-refractivity contribution in [2.45, 2.75) is 66.0 Å². The highest BCUT2D eigenvalue weighted by molar-refractivity contribution is 6.05. The number of fused-ring (bicyclic) bond motifs is 1. The Balaban J connectivity index is 1.53. The second kappa shape index (κ2) is 7.85. The normalized spacial score (nSPS) is 14.0. The summed E-state index contributed by atoms with van der Waals surface area (Å²) in [5, 5.41) is 11.8. The molecule has 0 atom stereocenters. The van der Waals surface area contributed by atoms with Crippen molar-refractivity contribution in [1.29, 1.82) is 0 Å². The lowest BCUT2D eigenvalue weighted by molar-refractivity contribution is 0.102. The lowest BCUT2D eigenvalue weighted by Crippen LogP contribution is -2.13. The molecule has 0 bridgehead atoms. The molecule has 0 saturated heterocycles. The van der Waals surface area contributed by atoms with Gasteiger partial charge in [0.2, 0.25) is 0 Å². The molecule has 0 radical (unpaired) electrons. The molecule has 1 aromatic carbocycles. The molecular weight excluding hydrogens is 362 g/mol. The summed E-state index contributed by atoms with van der Waals surface area (Å²) >= 11 is 0. The van der Waals surface area contributed by atoms with E-state index >= 15 is 0 Å². The monoisotopic (exact) mass is 391 g/mol. The first kappa shape index (κ1) is 19.4. The topological polar surface area (TPSA) is 64.7 Å². The lowest BCUT2D eigenvalue weighted by atomic mass is 10.1. The summed E-state index contributed by atoms with van der Waals surface area (Å²) in [6, 6.07) is 10.2. The van der Waals surface area contributed by atoms with Gasteiger partial charge in [-0.2, -0.15) is 0 Å². The predicted octanol–water partition coefficient (Wildman–Crippen LogP) is 4.92. The predicted molar refractivity (Wildman–Crippen MR) is 115 cm³/mol. The number of nitrogens with zero attached hydrogens (tertiary/aromatic N) is 4. The quantitative estimate of drug-likeness (QED) is 0.686. The van der Waals surface area contributed by atoms with Gasteiger partial charge in [0, 0.05) is 41.6 Å². The highest BCUT2D eigenvalue weighted by atomic mass is 16.1. The van der Waals surface area contributed by atoms with Crippen LogP contribution in [-0.2, 0) is 13.0 Å². The highest BCUT2D eigenvalue weighted by Crippen LogP contribution is 2.25. The number of hydrogen-bond donors (Lipinski definition) is 1. The van der Waals surface area contributed by atoms with Crippen LogP contribution in [0.2, 0.25) is 0 Å². The van der Waals surface area contributed by atoms with E-state index in [4.69, 9.17) is 0 Å². The van der Waals surface area contributed by atoms with Crippen LogP contribution in [0.4, 0.5) is 5.69 Å². The Kier molecular flexibility index (Phi) is 5.26. The maximum atomic E-state index is 12.8. The second-order valence-corrected chi connectivity index (χ2v) is 8.18. The van der Waals surface area contributed by atoms with Crippen LogP contribution in [0.1, 0.15) is 66.7 Å². The second-order valence-electron chi connectivity index (χ2n) is 8.18. The van der Waals surface area contributed by atoms with E-state index in [1.165, 1.54) is 19.3 Å². The number of hydrogen-bond acceptors (Lipinski definition) is 3. The van der Waals surface area contributed by atoms with Crippen molar-refractivity contribution in [1.82, 2.24) is 19.3 Å². The smallest absolute Gasteiger partial charge is 0.257 e. The molecule has 0 aliphatic carbocycles. The summed E-state index contributed by atoms with van der Waals surface area (Å²) < 4.78 is 4.43. The van der Waals surface area contributed by atoms with Crippen molar-refractivity contribution >= 4 is 11.6 Å². The van der Waals surface area contributed by atoms with Gasteiger partial charge in [0.25, 0.3) is 5.91 Å². The summed E-state index contributed by atoms with van der Waals surface area (Å²) in [7, 11) is 0. The van der Waals surface area contributed by atoms with Crippen LogP contribution in [0, 0.1) is 13.8 Å². The fraction of sp³-hybridized carbons (Fsp3) is 0.435. The van der Waals surface area contributed by atoms with Crippen molar-refractivity contribution in [3.05, 3.63) is 53.1 Å². The van der Waals surface area contributed by atoms with E-state index in [9.17, 15) is 4.79 Å². The standard InChI is InChI=1S/C23H29N5O/c1-15(2)28-16(3)14-20(17(28)4)23(29)24-19-11-9-18(10-12-19)22-26-25-21-8-6-5-7-13-27(21)22/h9-12,14-15H,5-8,13H2,1-4H3,(H,24,29). The van der Waals surface area contributed by atoms with Crippen LogP contribution >= 0.6 is 0 Å². The zero-order chi connectivity index (χ0) is 20.5. The average Bonchev–Trinajstić information content (AvgIpc) is 3.13. The van der Waals surface area contributed by atoms with Crippen LogP contribution in [0.15, 0.2) is 30.3 Å². The molecule has 1 aliphatic rings. The van der Waals surface area contributed by atoms with Gasteiger partial charge in [0.15, 0.2) is 5.82 Å². The maximum Gasteiger partial charge on any atom is 0.257 e. The molecule has 3 aromatic rings. The zero-order valence-corrected chi connectivity index (χ0v) is 17.7. The van der Waals surface area contributed by atoms with Crippen LogP contribution < -0.4 is 5.32 Å². The van der Waals surface area contributed by atoms with Gasteiger partial charge in [0.1, 0.15) is 5.82 Å². The highest BCUT2D eigenvalue weighted by Gasteiger charge is 2.18. The minimum atomic E-state index is -0.0749. The Hall–Kier alpha value is -2.89. The number of aryl methyl sites for hydroxylation is 2. The van der Waals surface area contributed by atoms with E-state index in [0.29, 0.717) is 6.04 Å². The van der Waals surface area contributed by atoms with Crippen molar-refractivity contribution < 1.29 is 4.79 Å². The molecule has 0 saturated carbocycles. The van der Waals surface area contributed by atoms with Gasteiger partial charge in [-0.1, -0.05) is 6.42 Å². The first-order valence-corrected chi connectivity index (χ1v) is 10.5. The molecule has 29 heavy (non-hydrogen) atoms. The number of rotatable bonds is 4. The molecule has 4 rings (SSSR count). The molecule has 152 valence electrons. The van der Waals surface area contributed by atoms with Crippen LogP contribution in [0.5, 0.6) is 0 Å². The minimum Gasteiger partial charge on any atom is -0.346 e. The van der Waals surface area contributed by atoms with Crippen molar-refractivity contribution in [2.24, 2.45) is 0 Å². The molecule has 0 unspecified atom stereocenters. The zero-order valence-electron chi connectivity index (χ0n) is 17.7. The van der Waals surface area contributed by atoms with E-state index in [-0.39, 0.29) is 5.91 Å². The number of benzene rings is 1. The van der Waals surface area contributed by atoms with Gasteiger partial charge in [-0.3, -0.25) is 4.79 Å². The fourth-order valence-corrected chi connectivity index (χ4v) is 4.40. The Labute approximate surface area is 172 Å². The Morgan fingerprint density at radius 1 is 1.07 bits per heavy atom. The number of nitrogens with one attached hydrogen (secondary N) is 1. The number of carbonyl (C=O) groups is 1. The minimum absolute atomic E-state index is 0.0749. The van der Waals surface area contributed by atoms with Gasteiger partial charge < -0.3 is 14.5 Å². The van der Waals surface area contributed by atoms with E-state index in [1.807, 2.05) is 44.2 Å². The summed E-state index contributed by atoms with van der Waals surface area (Å²) in [5.41, 5.74) is 4.64. The van der Waals surface area contributed by atoms with Gasteiger partial charge in [-0.25, -0.2) is 0 Å². The van der Waals surface area contributed by atoms with Crippen molar-refractivity contribution in [2.75, 3.05) is 5.32 Å². The first-order valence-electron chi connectivity index (χ1n) is 10.5. The van der Waals surface area contributed by atoms with E-state index in [1.54, 1.807) is 0 Å². The Bertz CT molecular complexity index is 1030. The molecule has 1 N–H and O–H groups in total. The summed E-state index contributed by atoms with van der Waals surface area (Å²) in [5.74, 6) is 1.92. The molecule has 6 nitrogen and oxygen atoms in total. The molecule has 2 aromatic heterocycles. The van der Waals surface area contributed by atoms with Crippen molar-refractivity contribution in [3.8, 4) is 11.4 Å². The third kappa shape index (κ3) is 3.71. The summed E-state index contributed by atoms with van der Waals surface area (Å²) in [6.45, 7) is 9.28. The maximum absolute atomic E-state index is 12.8. The Morgan fingerprint density at radius 3 is 2.52 bits per heavy atom. The Morgan fingerprint density at radius 2 is 1.83 bits per heavy atom. The van der Waals surface area contributed by atoms with Gasteiger partial charge in [0.05, 0.1) is 5.56 Å². The number of amides is 1. The molecule has 3 heterocycles. The van der Waals surface area contributed by atoms with Crippen LogP contribution in [0.3, 0.4) is 0 Å². The molecule has 6 heteroatoms. The van der Waals surface area contributed by atoms with Crippen molar-refractivity contribution in [3.63, 3.8) is 0 Å². The van der Waals surface area contributed by atoms with Crippen LogP contribution in [-0.4, -0.2) is 25.2 Å². The fourth-order valence-electron chi connectivity index (χ4n) is 4.40. The van der Waals surface area contributed by atoms with Gasteiger partial charge in [-0.05, 0) is 70.9 Å². The van der Waals surface area contributed by atoms with E-state index < -0.39 is 0 Å². The summed E-state index contributed by atoms with van der Waals surface area (Å²) in [6.07, 6.45) is 4.59. The van der Waals surface area contributed by atoms with E-state index in [2.05, 4.69) is 38.5 Å². The van der Waals surface area contributed by atoms with E-state index in [0.717, 1.165) is 52.8 Å². The van der Waals surface area contributed by atoms with Crippen LogP contribution in [0.25, 0.3) is 11.4 Å². The summed E-state index contributed by atoms with van der Waals surface area (Å²) in [4.78, 5) is 12.8. The molecule has 0 spiro atoms. The number of aromatic nitrogens is 4. The molecule has 1 amide bonds. The van der Waals surface area contributed by atoms with Gasteiger partial charge >= 0.3 is 0 Å². The molecular formula is C23H29N5O. The van der Waals surface area contributed by atoms with Gasteiger partial charge in [-0.15, -0.1) is 10.2 Å². The average molecular weight is 392 g/mol. The number of carbonyl (C=O) groups excluding carboxylic acids is 1. The SMILES string of the molecule is Cc1cc(C(=O)Nc2ccc(-c3nnc4n3CCCCC4)cc2)c(C)n1C(C)C. The lowest BCUT2D eigenvalue weighted by Gasteiger charge is -2.13. The largest absolute Gasteiger partial charge is 0.346 e. The number of anilines is 1. The molecule has 1 aliphatic heterocycles. The third-order valence-corrected chi connectivity index (χ3v) is 5.76. The molecule has 0 fully saturated rings. The first-order chi connectivity index (χ1) is 14.0.